The molecule has 4 N–H and O–H groups in total. The van der Waals surface area contributed by atoms with Crippen molar-refractivity contribution in [3.63, 3.8) is 0 Å². The number of hydrogen-bond acceptors (Lipinski definition) is 5. The zero-order valence-electron chi connectivity index (χ0n) is 7.95. The summed E-state index contributed by atoms with van der Waals surface area (Å²) in [6.45, 7) is -0.663. The van der Waals surface area contributed by atoms with Gasteiger partial charge in [-0.3, -0.25) is 0 Å². The summed E-state index contributed by atoms with van der Waals surface area (Å²) in [5, 5.41) is 18.0. The minimum Gasteiger partial charge on any atom is -0.503 e. The zero-order chi connectivity index (χ0) is 12.3. The maximum Gasteiger partial charge on any atom is 0.574 e. The van der Waals surface area contributed by atoms with Crippen LogP contribution in [0.5, 0.6) is 11.6 Å². The van der Waals surface area contributed by atoms with Gasteiger partial charge in [-0.15, -0.1) is 13.2 Å². The summed E-state index contributed by atoms with van der Waals surface area (Å²) < 4.78 is 39.1. The van der Waals surface area contributed by atoms with Gasteiger partial charge >= 0.3 is 6.36 Å². The number of rotatable bonds is 3. The molecule has 0 unspecified atom stereocenters. The third kappa shape index (κ3) is 2.97. The predicted molar refractivity (Wildman–Crippen MR) is 46.4 cm³/mol. The van der Waals surface area contributed by atoms with Gasteiger partial charge in [-0.2, -0.15) is 0 Å². The van der Waals surface area contributed by atoms with Gasteiger partial charge in [-0.25, -0.2) is 4.98 Å². The lowest BCUT2D eigenvalue weighted by Crippen LogP contribution is -2.19. The largest absolute Gasteiger partial charge is 0.574 e. The minimum absolute atomic E-state index is 0.0667. The van der Waals surface area contributed by atoms with Crippen molar-refractivity contribution in [2.75, 3.05) is 0 Å². The molecule has 0 amide bonds. The van der Waals surface area contributed by atoms with Gasteiger partial charge in [0.1, 0.15) is 0 Å². The molecular formula is C8H9F3N2O3. The lowest BCUT2D eigenvalue weighted by Gasteiger charge is -2.12. The number of halogens is 3. The fourth-order valence-electron chi connectivity index (χ4n) is 1.06. The number of aromatic hydroxyl groups is 1. The Labute approximate surface area is 88.3 Å². The molecule has 5 nitrogen and oxygen atoms in total. The topological polar surface area (TPSA) is 88.6 Å². The summed E-state index contributed by atoms with van der Waals surface area (Å²) in [5.41, 5.74) is 5.42. The summed E-state index contributed by atoms with van der Waals surface area (Å²) in [4.78, 5) is 3.32. The van der Waals surface area contributed by atoms with Crippen LogP contribution in [-0.4, -0.2) is 21.6 Å². The number of pyridine rings is 1. The summed E-state index contributed by atoms with van der Waals surface area (Å²) in [5.74, 6) is -1.79. The van der Waals surface area contributed by atoms with Gasteiger partial charge in [-0.05, 0) is 11.6 Å². The Morgan fingerprint density at radius 3 is 2.50 bits per heavy atom. The number of nitrogens with zero attached hydrogens (tertiary/aromatic N) is 1. The molecule has 0 aromatic carbocycles. The highest BCUT2D eigenvalue weighted by molar-refractivity contribution is 5.38. The van der Waals surface area contributed by atoms with Crippen LogP contribution in [0.1, 0.15) is 11.3 Å². The highest BCUT2D eigenvalue weighted by Crippen LogP contribution is 2.30. The first kappa shape index (κ1) is 12.5. The number of aromatic nitrogens is 1. The van der Waals surface area contributed by atoms with E-state index in [2.05, 4.69) is 9.72 Å². The number of alkyl halides is 3. The molecule has 1 aromatic rings. The average Bonchev–Trinajstić information content (AvgIpc) is 2.18. The van der Waals surface area contributed by atoms with E-state index >= 15 is 0 Å². The number of nitrogens with two attached hydrogens (primary N) is 1. The smallest absolute Gasteiger partial charge is 0.503 e. The first-order chi connectivity index (χ1) is 7.37. The highest BCUT2D eigenvalue weighted by atomic mass is 19.4. The van der Waals surface area contributed by atoms with E-state index < -0.39 is 24.6 Å². The quantitative estimate of drug-likeness (QED) is 0.719. The molecule has 0 radical (unpaired) electrons. The Bertz CT molecular complexity index is 382. The van der Waals surface area contributed by atoms with Crippen LogP contribution in [0.3, 0.4) is 0 Å². The molecule has 0 atom stereocenters. The van der Waals surface area contributed by atoms with Crippen molar-refractivity contribution in [3.05, 3.63) is 17.3 Å². The lowest BCUT2D eigenvalue weighted by molar-refractivity contribution is -0.276. The first-order valence-electron chi connectivity index (χ1n) is 4.15. The molecule has 1 heterocycles. The van der Waals surface area contributed by atoms with Gasteiger partial charge in [0.05, 0.1) is 12.3 Å². The van der Waals surface area contributed by atoms with Crippen molar-refractivity contribution in [2.24, 2.45) is 5.73 Å². The number of ether oxygens (including phenoxy) is 1. The van der Waals surface area contributed by atoms with E-state index in [1.165, 1.54) is 0 Å². The molecule has 0 bridgehead atoms. The van der Waals surface area contributed by atoms with Crippen molar-refractivity contribution in [1.82, 2.24) is 4.98 Å². The van der Waals surface area contributed by atoms with Gasteiger partial charge in [0, 0.05) is 6.54 Å². The van der Waals surface area contributed by atoms with Crippen LogP contribution >= 0.6 is 0 Å². The lowest BCUT2D eigenvalue weighted by atomic mass is 10.2. The van der Waals surface area contributed by atoms with Gasteiger partial charge in [0.2, 0.25) is 0 Å². The van der Waals surface area contributed by atoms with Crippen LogP contribution in [0.15, 0.2) is 6.07 Å². The van der Waals surface area contributed by atoms with Gasteiger partial charge in [0.25, 0.3) is 5.88 Å². The maximum absolute atomic E-state index is 11.9. The molecule has 0 aliphatic rings. The molecule has 0 saturated carbocycles. The molecule has 90 valence electrons. The fourth-order valence-corrected chi connectivity index (χ4v) is 1.06. The predicted octanol–water partition coefficient (Wildman–Crippen LogP) is 0.637. The third-order valence-electron chi connectivity index (χ3n) is 1.72. The molecule has 0 spiro atoms. The van der Waals surface area contributed by atoms with E-state index in [1.807, 2.05) is 0 Å². The Morgan fingerprint density at radius 1 is 1.44 bits per heavy atom. The number of aliphatic hydroxyl groups is 1. The fraction of sp³-hybridized carbons (Fsp3) is 0.375. The van der Waals surface area contributed by atoms with Gasteiger partial charge < -0.3 is 20.7 Å². The Kier molecular flexibility index (Phi) is 3.55. The third-order valence-corrected chi connectivity index (χ3v) is 1.72. The van der Waals surface area contributed by atoms with E-state index in [4.69, 9.17) is 10.8 Å². The Morgan fingerprint density at radius 2 is 2.06 bits per heavy atom. The molecule has 0 saturated heterocycles. The van der Waals surface area contributed by atoms with E-state index in [9.17, 15) is 18.3 Å². The second kappa shape index (κ2) is 4.54. The molecule has 0 aliphatic heterocycles. The minimum atomic E-state index is -4.96. The standard InChI is InChI=1S/C8H9F3N2O3/c9-8(10,11)16-7-6(15)1-4(2-12)5(3-14)13-7/h1,14-15H,2-3,12H2. The monoisotopic (exact) mass is 238 g/mol. The van der Waals surface area contributed by atoms with E-state index in [1.54, 1.807) is 0 Å². The van der Waals surface area contributed by atoms with Gasteiger partial charge in [-0.1, -0.05) is 0 Å². The van der Waals surface area contributed by atoms with Crippen LogP contribution in [0.2, 0.25) is 0 Å². The zero-order valence-corrected chi connectivity index (χ0v) is 7.95. The molecule has 16 heavy (non-hydrogen) atoms. The second-order valence-corrected chi connectivity index (χ2v) is 2.83. The van der Waals surface area contributed by atoms with Crippen LogP contribution < -0.4 is 10.5 Å². The van der Waals surface area contributed by atoms with Crippen LogP contribution in [-0.2, 0) is 13.2 Å². The molecule has 8 heteroatoms. The van der Waals surface area contributed by atoms with Crippen molar-refractivity contribution in [1.29, 1.82) is 0 Å². The second-order valence-electron chi connectivity index (χ2n) is 2.83. The Hall–Kier alpha value is -1.54. The van der Waals surface area contributed by atoms with Gasteiger partial charge in [0.15, 0.2) is 5.75 Å². The summed E-state index contributed by atoms with van der Waals surface area (Å²) in [6.07, 6.45) is -4.96. The Balaban J connectivity index is 3.11. The summed E-state index contributed by atoms with van der Waals surface area (Å²) in [7, 11) is 0. The normalized spacial score (nSPS) is 11.6. The van der Waals surface area contributed by atoms with Crippen molar-refractivity contribution >= 4 is 0 Å². The van der Waals surface area contributed by atoms with Crippen LogP contribution in [0.4, 0.5) is 13.2 Å². The number of aliphatic hydroxyl groups excluding tert-OH is 1. The van der Waals surface area contributed by atoms with Crippen LogP contribution in [0, 0.1) is 0 Å². The summed E-state index contributed by atoms with van der Waals surface area (Å²) >= 11 is 0. The molecular weight excluding hydrogens is 229 g/mol. The molecule has 1 aromatic heterocycles. The molecule has 0 fully saturated rings. The van der Waals surface area contributed by atoms with Crippen molar-refractivity contribution in [2.45, 2.75) is 19.5 Å². The summed E-state index contributed by atoms with van der Waals surface area (Å²) in [6, 6.07) is 0.972. The van der Waals surface area contributed by atoms with Crippen molar-refractivity contribution < 1.29 is 28.1 Å². The van der Waals surface area contributed by atoms with E-state index in [0.29, 0.717) is 0 Å². The maximum atomic E-state index is 11.9. The molecule has 1 rings (SSSR count). The van der Waals surface area contributed by atoms with E-state index in [-0.39, 0.29) is 17.8 Å². The average molecular weight is 238 g/mol. The highest BCUT2D eigenvalue weighted by Gasteiger charge is 2.33. The van der Waals surface area contributed by atoms with E-state index in [0.717, 1.165) is 6.07 Å². The van der Waals surface area contributed by atoms with Crippen LogP contribution in [0.25, 0.3) is 0 Å². The first-order valence-corrected chi connectivity index (χ1v) is 4.15. The van der Waals surface area contributed by atoms with Crippen molar-refractivity contribution in [3.8, 4) is 11.6 Å². The number of hydrogen-bond donors (Lipinski definition) is 3. The molecule has 0 aliphatic carbocycles. The SMILES string of the molecule is NCc1cc(O)c(OC(F)(F)F)nc1CO.